The van der Waals surface area contributed by atoms with Crippen LogP contribution in [0.15, 0.2) is 0 Å². The van der Waals surface area contributed by atoms with Gasteiger partial charge in [-0.2, -0.15) is 0 Å². The SMILES string of the molecule is CCC(CC)NC(=O)C(C)N1CCN(C(C)C(=O)O)CC1. The highest BCUT2D eigenvalue weighted by Crippen LogP contribution is 2.10. The molecule has 1 aliphatic heterocycles. The summed E-state index contributed by atoms with van der Waals surface area (Å²) in [7, 11) is 0. The Hall–Kier alpha value is -1.14. The summed E-state index contributed by atoms with van der Waals surface area (Å²) in [5.41, 5.74) is 0. The van der Waals surface area contributed by atoms with Crippen molar-refractivity contribution < 1.29 is 14.7 Å². The number of hydrogen-bond donors (Lipinski definition) is 2. The molecule has 0 bridgehead atoms. The van der Waals surface area contributed by atoms with Crippen LogP contribution in [-0.2, 0) is 9.59 Å². The molecule has 0 aromatic heterocycles. The number of carboxylic acids is 1. The largest absolute Gasteiger partial charge is 0.480 e. The van der Waals surface area contributed by atoms with E-state index in [-0.39, 0.29) is 18.0 Å². The topological polar surface area (TPSA) is 72.9 Å². The molecule has 122 valence electrons. The van der Waals surface area contributed by atoms with Crippen LogP contribution in [0.4, 0.5) is 0 Å². The summed E-state index contributed by atoms with van der Waals surface area (Å²) in [6.07, 6.45) is 1.89. The van der Waals surface area contributed by atoms with Gasteiger partial charge < -0.3 is 10.4 Å². The highest BCUT2D eigenvalue weighted by atomic mass is 16.4. The first kappa shape index (κ1) is 17.9. The highest BCUT2D eigenvalue weighted by molar-refractivity contribution is 5.81. The predicted molar refractivity (Wildman–Crippen MR) is 82.2 cm³/mol. The number of nitrogens with zero attached hydrogens (tertiary/aromatic N) is 2. The minimum absolute atomic E-state index is 0.0726. The second-order valence-electron chi connectivity index (χ2n) is 5.78. The second kappa shape index (κ2) is 8.34. The van der Waals surface area contributed by atoms with E-state index in [0.717, 1.165) is 25.9 Å². The Morgan fingerprint density at radius 1 is 1.00 bits per heavy atom. The molecule has 0 saturated carbocycles. The summed E-state index contributed by atoms with van der Waals surface area (Å²) < 4.78 is 0. The van der Waals surface area contributed by atoms with E-state index in [1.165, 1.54) is 0 Å². The number of carbonyl (C=O) groups excluding carboxylic acids is 1. The Kier molecular flexibility index (Phi) is 7.11. The number of carbonyl (C=O) groups is 2. The average molecular weight is 299 g/mol. The van der Waals surface area contributed by atoms with Crippen molar-refractivity contribution in [2.24, 2.45) is 0 Å². The van der Waals surface area contributed by atoms with E-state index < -0.39 is 12.0 Å². The number of carboxylic acid groups (broad SMARTS) is 1. The number of aliphatic carboxylic acids is 1. The molecule has 1 fully saturated rings. The lowest BCUT2D eigenvalue weighted by atomic mass is 10.1. The van der Waals surface area contributed by atoms with E-state index in [4.69, 9.17) is 5.11 Å². The minimum atomic E-state index is -0.789. The van der Waals surface area contributed by atoms with E-state index in [1.54, 1.807) is 6.92 Å². The minimum Gasteiger partial charge on any atom is -0.480 e. The molecule has 1 heterocycles. The molecular formula is C15H29N3O3. The molecule has 0 radical (unpaired) electrons. The lowest BCUT2D eigenvalue weighted by Crippen LogP contribution is -2.57. The fourth-order valence-electron chi connectivity index (χ4n) is 2.65. The van der Waals surface area contributed by atoms with Gasteiger partial charge in [-0.1, -0.05) is 13.8 Å². The molecule has 6 nitrogen and oxygen atoms in total. The number of piperazine rings is 1. The molecule has 1 aliphatic rings. The van der Waals surface area contributed by atoms with Crippen molar-refractivity contribution in [3.63, 3.8) is 0 Å². The molecule has 2 unspecified atom stereocenters. The zero-order chi connectivity index (χ0) is 16.0. The Morgan fingerprint density at radius 2 is 1.43 bits per heavy atom. The average Bonchev–Trinajstić information content (AvgIpc) is 2.50. The zero-order valence-electron chi connectivity index (χ0n) is 13.6. The molecule has 21 heavy (non-hydrogen) atoms. The molecule has 6 heteroatoms. The quantitative estimate of drug-likeness (QED) is 0.726. The molecule has 2 N–H and O–H groups in total. The van der Waals surface area contributed by atoms with Gasteiger partial charge in [0.25, 0.3) is 0 Å². The molecular weight excluding hydrogens is 270 g/mol. The van der Waals surface area contributed by atoms with E-state index >= 15 is 0 Å². The first-order valence-electron chi connectivity index (χ1n) is 7.91. The third-order valence-corrected chi connectivity index (χ3v) is 4.51. The summed E-state index contributed by atoms with van der Waals surface area (Å²) in [6, 6.07) is -0.373. The maximum Gasteiger partial charge on any atom is 0.320 e. The van der Waals surface area contributed by atoms with Crippen molar-refractivity contribution in [3.8, 4) is 0 Å². The molecule has 0 aliphatic carbocycles. The van der Waals surface area contributed by atoms with Gasteiger partial charge in [0.1, 0.15) is 6.04 Å². The molecule has 1 saturated heterocycles. The van der Waals surface area contributed by atoms with Crippen LogP contribution in [-0.4, -0.2) is 71.1 Å². The predicted octanol–water partition coefficient (Wildman–Crippen LogP) is 0.770. The van der Waals surface area contributed by atoms with Crippen LogP contribution in [0.2, 0.25) is 0 Å². The van der Waals surface area contributed by atoms with Gasteiger partial charge in [-0.25, -0.2) is 0 Å². The van der Waals surface area contributed by atoms with Crippen LogP contribution in [0.25, 0.3) is 0 Å². The summed E-state index contributed by atoms with van der Waals surface area (Å²) in [6.45, 7) is 10.6. The van der Waals surface area contributed by atoms with Gasteiger partial charge in [-0.15, -0.1) is 0 Å². The number of hydrogen-bond acceptors (Lipinski definition) is 4. The van der Waals surface area contributed by atoms with Crippen LogP contribution in [0, 0.1) is 0 Å². The summed E-state index contributed by atoms with van der Waals surface area (Å²) in [5, 5.41) is 12.1. The first-order valence-corrected chi connectivity index (χ1v) is 7.91. The highest BCUT2D eigenvalue weighted by Gasteiger charge is 2.29. The number of nitrogens with one attached hydrogen (secondary N) is 1. The fraction of sp³-hybridized carbons (Fsp3) is 0.867. The second-order valence-corrected chi connectivity index (χ2v) is 5.78. The molecule has 0 aromatic rings. The third kappa shape index (κ3) is 4.97. The summed E-state index contributed by atoms with van der Waals surface area (Å²) in [4.78, 5) is 27.3. The molecule has 0 spiro atoms. The monoisotopic (exact) mass is 299 g/mol. The lowest BCUT2D eigenvalue weighted by Gasteiger charge is -2.39. The fourth-order valence-corrected chi connectivity index (χ4v) is 2.65. The van der Waals surface area contributed by atoms with E-state index in [2.05, 4.69) is 24.1 Å². The molecule has 0 aromatic carbocycles. The van der Waals surface area contributed by atoms with Gasteiger partial charge in [0.2, 0.25) is 5.91 Å². The normalized spacial score (nSPS) is 20.2. The zero-order valence-corrected chi connectivity index (χ0v) is 13.6. The van der Waals surface area contributed by atoms with Crippen LogP contribution in [0.1, 0.15) is 40.5 Å². The van der Waals surface area contributed by atoms with Crippen LogP contribution < -0.4 is 5.32 Å². The molecule has 2 atom stereocenters. The van der Waals surface area contributed by atoms with Crippen molar-refractivity contribution >= 4 is 11.9 Å². The van der Waals surface area contributed by atoms with E-state index in [0.29, 0.717) is 13.1 Å². The summed E-state index contributed by atoms with van der Waals surface area (Å²) in [5.74, 6) is -0.716. The van der Waals surface area contributed by atoms with E-state index in [1.807, 2.05) is 11.8 Å². The Labute approximate surface area is 127 Å². The number of amides is 1. The van der Waals surface area contributed by atoms with Gasteiger partial charge in [0.05, 0.1) is 6.04 Å². The molecule has 1 amide bonds. The van der Waals surface area contributed by atoms with Crippen molar-refractivity contribution in [1.29, 1.82) is 0 Å². The van der Waals surface area contributed by atoms with Crippen LogP contribution >= 0.6 is 0 Å². The lowest BCUT2D eigenvalue weighted by molar-refractivity contribution is -0.144. The Bertz CT molecular complexity index is 350. The van der Waals surface area contributed by atoms with Crippen molar-refractivity contribution in [3.05, 3.63) is 0 Å². The Morgan fingerprint density at radius 3 is 1.81 bits per heavy atom. The molecule has 1 rings (SSSR count). The van der Waals surface area contributed by atoms with Crippen molar-refractivity contribution in [1.82, 2.24) is 15.1 Å². The van der Waals surface area contributed by atoms with Crippen molar-refractivity contribution in [2.45, 2.75) is 58.7 Å². The maximum absolute atomic E-state index is 12.2. The van der Waals surface area contributed by atoms with Gasteiger partial charge >= 0.3 is 5.97 Å². The van der Waals surface area contributed by atoms with Crippen LogP contribution in [0.3, 0.4) is 0 Å². The summed E-state index contributed by atoms with van der Waals surface area (Å²) >= 11 is 0. The number of rotatable bonds is 7. The smallest absolute Gasteiger partial charge is 0.320 e. The standard InChI is InChI=1S/C15H29N3O3/c1-5-13(6-2)16-14(19)11(3)17-7-9-18(10-8-17)12(4)15(20)21/h11-13H,5-10H2,1-4H3,(H,16,19)(H,20,21). The van der Waals surface area contributed by atoms with Gasteiger partial charge in [0.15, 0.2) is 0 Å². The van der Waals surface area contributed by atoms with Crippen LogP contribution in [0.5, 0.6) is 0 Å². The van der Waals surface area contributed by atoms with E-state index in [9.17, 15) is 9.59 Å². The van der Waals surface area contributed by atoms with Gasteiger partial charge in [-0.3, -0.25) is 19.4 Å². The Balaban J connectivity index is 2.46. The first-order chi connectivity index (χ1) is 9.90. The maximum atomic E-state index is 12.2. The van der Waals surface area contributed by atoms with Gasteiger partial charge in [0, 0.05) is 32.2 Å². The van der Waals surface area contributed by atoms with Crippen molar-refractivity contribution in [2.75, 3.05) is 26.2 Å². The van der Waals surface area contributed by atoms with Gasteiger partial charge in [-0.05, 0) is 26.7 Å². The third-order valence-electron chi connectivity index (χ3n) is 4.51.